The molecule has 9 heteroatoms. The van der Waals surface area contributed by atoms with Crippen LogP contribution in [0.1, 0.15) is 67.3 Å². The van der Waals surface area contributed by atoms with E-state index in [1.165, 1.54) is 36.3 Å². The molecule has 1 atom stereocenters. The highest BCUT2D eigenvalue weighted by atomic mass is 19.4. The minimum absolute atomic E-state index is 0.0991. The summed E-state index contributed by atoms with van der Waals surface area (Å²) in [5.74, 6) is -0.728. The van der Waals surface area contributed by atoms with E-state index in [4.69, 9.17) is 4.74 Å². The van der Waals surface area contributed by atoms with Gasteiger partial charge in [-0.2, -0.15) is 13.2 Å². The minimum Gasteiger partial charge on any atom is -0.353 e. The quantitative estimate of drug-likeness (QED) is 0.716. The third kappa shape index (κ3) is 5.35. The normalized spacial score (nSPS) is 23.6. The van der Waals surface area contributed by atoms with E-state index in [-0.39, 0.29) is 18.1 Å². The maximum Gasteiger partial charge on any atom is 0.416 e. The van der Waals surface area contributed by atoms with Crippen LogP contribution in [0.2, 0.25) is 0 Å². The average Bonchev–Trinajstić information content (AvgIpc) is 3.17. The zero-order chi connectivity index (χ0) is 23.5. The van der Waals surface area contributed by atoms with Crippen LogP contribution in [0, 0.1) is 0 Å². The minimum atomic E-state index is -4.47. The third-order valence-electron chi connectivity index (χ3n) is 7.05. The highest BCUT2D eigenvalue weighted by Crippen LogP contribution is 2.41. The maximum absolute atomic E-state index is 13.5. The Morgan fingerprint density at radius 3 is 2.27 bits per heavy atom. The van der Waals surface area contributed by atoms with Crippen LogP contribution in [0.25, 0.3) is 0 Å². The summed E-state index contributed by atoms with van der Waals surface area (Å²) < 4.78 is 45.0. The first-order valence-corrected chi connectivity index (χ1v) is 12.0. The SMILES string of the molecule is O=C(NCCN1CCCCC1)[C@@H]1COC2(CCCCC2)N1C(=O)c1ccc(C(F)(F)F)cc1. The Kier molecular flexibility index (Phi) is 7.28. The number of amides is 2. The Labute approximate surface area is 192 Å². The van der Waals surface area contributed by atoms with Crippen molar-refractivity contribution in [1.82, 2.24) is 15.1 Å². The van der Waals surface area contributed by atoms with Gasteiger partial charge in [0.15, 0.2) is 0 Å². The van der Waals surface area contributed by atoms with Crippen molar-refractivity contribution in [2.45, 2.75) is 69.3 Å². The standard InChI is InChI=1S/C24H32F3N3O3/c25-24(26,27)19-9-7-18(8-10-19)22(32)30-20(17-33-23(30)11-3-1-4-12-23)21(31)28-13-16-29-14-5-2-6-15-29/h7-10,20H,1-6,11-17H2,(H,28,31)/t20-/m0/s1. The van der Waals surface area contributed by atoms with Gasteiger partial charge in [0, 0.05) is 18.7 Å². The molecule has 2 amide bonds. The van der Waals surface area contributed by atoms with Crippen LogP contribution in [0.15, 0.2) is 24.3 Å². The summed E-state index contributed by atoms with van der Waals surface area (Å²) in [5.41, 5.74) is -1.55. The molecule has 4 rings (SSSR count). The number of ether oxygens (including phenoxy) is 1. The van der Waals surface area contributed by atoms with Gasteiger partial charge in [-0.25, -0.2) is 0 Å². The summed E-state index contributed by atoms with van der Waals surface area (Å²) in [6, 6.07) is 3.40. The predicted octanol–water partition coefficient (Wildman–Crippen LogP) is 3.81. The fourth-order valence-corrected chi connectivity index (χ4v) is 5.25. The van der Waals surface area contributed by atoms with Crippen LogP contribution < -0.4 is 5.32 Å². The zero-order valence-corrected chi connectivity index (χ0v) is 18.8. The first-order chi connectivity index (χ1) is 15.8. The van der Waals surface area contributed by atoms with Gasteiger partial charge in [0.05, 0.1) is 12.2 Å². The fourth-order valence-electron chi connectivity index (χ4n) is 5.25. The molecule has 3 fully saturated rings. The molecule has 0 aromatic heterocycles. The Morgan fingerprint density at radius 2 is 1.64 bits per heavy atom. The molecule has 0 bridgehead atoms. The highest BCUT2D eigenvalue weighted by Gasteiger charge is 2.53. The number of nitrogens with one attached hydrogen (secondary N) is 1. The molecule has 33 heavy (non-hydrogen) atoms. The molecule has 1 saturated carbocycles. The Bertz CT molecular complexity index is 832. The second-order valence-corrected chi connectivity index (χ2v) is 9.28. The van der Waals surface area contributed by atoms with Gasteiger partial charge in [0.25, 0.3) is 5.91 Å². The number of carbonyl (C=O) groups excluding carboxylic acids is 2. The molecular formula is C24H32F3N3O3. The largest absolute Gasteiger partial charge is 0.416 e. The summed E-state index contributed by atoms with van der Waals surface area (Å²) in [6.07, 6.45) is 3.13. The van der Waals surface area contributed by atoms with Crippen molar-refractivity contribution in [1.29, 1.82) is 0 Å². The van der Waals surface area contributed by atoms with E-state index in [2.05, 4.69) is 10.2 Å². The number of hydrogen-bond acceptors (Lipinski definition) is 4. The Morgan fingerprint density at radius 1 is 1.00 bits per heavy atom. The van der Waals surface area contributed by atoms with Gasteiger partial charge in [-0.15, -0.1) is 0 Å². The highest BCUT2D eigenvalue weighted by molar-refractivity contribution is 5.98. The van der Waals surface area contributed by atoms with Gasteiger partial charge in [0.2, 0.25) is 5.91 Å². The van der Waals surface area contributed by atoms with Crippen molar-refractivity contribution in [3.05, 3.63) is 35.4 Å². The summed E-state index contributed by atoms with van der Waals surface area (Å²) in [4.78, 5) is 30.4. The van der Waals surface area contributed by atoms with Gasteiger partial charge < -0.3 is 15.0 Å². The maximum atomic E-state index is 13.5. The van der Waals surface area contributed by atoms with Crippen LogP contribution in [-0.4, -0.2) is 66.2 Å². The molecule has 6 nitrogen and oxygen atoms in total. The molecule has 1 aromatic rings. The van der Waals surface area contributed by atoms with E-state index in [1.54, 1.807) is 0 Å². The van der Waals surface area contributed by atoms with E-state index in [0.717, 1.165) is 51.0 Å². The van der Waals surface area contributed by atoms with Crippen molar-refractivity contribution < 1.29 is 27.5 Å². The number of piperidine rings is 1. The number of alkyl halides is 3. The summed E-state index contributed by atoms with van der Waals surface area (Å²) in [5, 5.41) is 2.96. The van der Waals surface area contributed by atoms with Crippen LogP contribution in [0.3, 0.4) is 0 Å². The van der Waals surface area contributed by atoms with Gasteiger partial charge in [-0.1, -0.05) is 12.8 Å². The molecule has 1 N–H and O–H groups in total. The predicted molar refractivity (Wildman–Crippen MR) is 116 cm³/mol. The molecule has 0 radical (unpaired) electrons. The zero-order valence-electron chi connectivity index (χ0n) is 18.8. The first-order valence-electron chi connectivity index (χ1n) is 12.0. The molecule has 2 saturated heterocycles. The van der Waals surface area contributed by atoms with Crippen LogP contribution in [0.5, 0.6) is 0 Å². The van der Waals surface area contributed by atoms with Gasteiger partial charge in [-0.05, 0) is 75.9 Å². The lowest BCUT2D eigenvalue weighted by atomic mass is 9.89. The number of hydrogen-bond donors (Lipinski definition) is 1. The monoisotopic (exact) mass is 467 g/mol. The molecule has 182 valence electrons. The molecule has 1 spiro atoms. The van der Waals surface area contributed by atoms with Crippen molar-refractivity contribution in [2.24, 2.45) is 0 Å². The van der Waals surface area contributed by atoms with E-state index >= 15 is 0 Å². The van der Waals surface area contributed by atoms with Gasteiger partial charge >= 0.3 is 6.18 Å². The summed E-state index contributed by atoms with van der Waals surface area (Å²) in [7, 11) is 0. The molecular weight excluding hydrogens is 435 g/mol. The van der Waals surface area contributed by atoms with Gasteiger partial charge in [-0.3, -0.25) is 14.5 Å². The smallest absolute Gasteiger partial charge is 0.353 e. The van der Waals surface area contributed by atoms with Crippen LogP contribution >= 0.6 is 0 Å². The number of rotatable bonds is 5. The van der Waals surface area contributed by atoms with E-state index in [1.807, 2.05) is 0 Å². The number of carbonyl (C=O) groups is 2. The lowest BCUT2D eigenvalue weighted by molar-refractivity contribution is -0.137. The number of benzene rings is 1. The van der Waals surface area contributed by atoms with Crippen molar-refractivity contribution in [2.75, 3.05) is 32.8 Å². The van der Waals surface area contributed by atoms with Crippen molar-refractivity contribution in [3.63, 3.8) is 0 Å². The molecule has 0 unspecified atom stereocenters. The summed E-state index contributed by atoms with van der Waals surface area (Å²) >= 11 is 0. The third-order valence-corrected chi connectivity index (χ3v) is 7.05. The summed E-state index contributed by atoms with van der Waals surface area (Å²) in [6.45, 7) is 3.41. The van der Waals surface area contributed by atoms with Gasteiger partial charge in [0.1, 0.15) is 11.8 Å². The Hall–Kier alpha value is -2.13. The molecule has 1 aliphatic carbocycles. The van der Waals surface area contributed by atoms with Crippen LogP contribution in [-0.2, 0) is 15.7 Å². The van der Waals surface area contributed by atoms with E-state index in [0.29, 0.717) is 19.4 Å². The molecule has 2 aliphatic heterocycles. The first kappa shape index (κ1) is 24.0. The molecule has 3 aliphatic rings. The van der Waals surface area contributed by atoms with Crippen molar-refractivity contribution >= 4 is 11.8 Å². The number of likely N-dealkylation sites (tertiary alicyclic amines) is 1. The van der Waals surface area contributed by atoms with Crippen molar-refractivity contribution in [3.8, 4) is 0 Å². The second-order valence-electron chi connectivity index (χ2n) is 9.28. The van der Waals surface area contributed by atoms with E-state index < -0.39 is 29.4 Å². The topological polar surface area (TPSA) is 61.9 Å². The van der Waals surface area contributed by atoms with E-state index in [9.17, 15) is 22.8 Å². The Balaban J connectivity index is 1.48. The number of nitrogens with zero attached hydrogens (tertiary/aromatic N) is 2. The average molecular weight is 468 g/mol. The number of halogens is 3. The molecule has 1 aromatic carbocycles. The lowest BCUT2D eigenvalue weighted by Crippen LogP contribution is -2.56. The molecule has 2 heterocycles. The fraction of sp³-hybridized carbons (Fsp3) is 0.667. The second kappa shape index (κ2) is 10.0. The van der Waals surface area contributed by atoms with Crippen LogP contribution in [0.4, 0.5) is 13.2 Å². The lowest BCUT2D eigenvalue weighted by Gasteiger charge is -2.41.